The first-order valence-corrected chi connectivity index (χ1v) is 13.0. The summed E-state index contributed by atoms with van der Waals surface area (Å²) in [5, 5.41) is 4.06. The number of carbonyl (C=O) groups excluding carboxylic acids is 2. The summed E-state index contributed by atoms with van der Waals surface area (Å²) in [5.74, 6) is 0.435. The molecule has 1 N–H and O–H groups in total. The van der Waals surface area contributed by atoms with Crippen LogP contribution in [0.4, 0.5) is 5.95 Å². The highest BCUT2D eigenvalue weighted by Gasteiger charge is 2.27. The zero-order valence-electron chi connectivity index (χ0n) is 21.8. The van der Waals surface area contributed by atoms with Gasteiger partial charge in [-0.25, -0.2) is 9.97 Å². The third-order valence-electron chi connectivity index (χ3n) is 6.73. The lowest BCUT2D eigenvalue weighted by atomic mass is 9.96. The molecule has 3 heterocycles. The standard InChI is InChI=1S/C26H30Cl2N6O4/c1-29-23(35)14-38-22-11-17-9-16(18(27)12-21(17)33(4)25(22)37)10-20-19(28)13-30-26(31-20)34-7-5-15(6-8-34)24(36)32(2)3/h9,11-13,15H,5-8,10,14H2,1-4H3,(H,29,35). The minimum absolute atomic E-state index is 0.00520. The van der Waals surface area contributed by atoms with Crippen LogP contribution in [0.1, 0.15) is 24.1 Å². The van der Waals surface area contributed by atoms with Crippen molar-refractivity contribution in [2.24, 2.45) is 13.0 Å². The number of halogens is 2. The van der Waals surface area contributed by atoms with E-state index >= 15 is 0 Å². The van der Waals surface area contributed by atoms with Gasteiger partial charge in [-0.1, -0.05) is 23.2 Å². The van der Waals surface area contributed by atoms with Crippen LogP contribution in [-0.2, 0) is 23.1 Å². The molecule has 0 bridgehead atoms. The number of hydrogen-bond donors (Lipinski definition) is 1. The van der Waals surface area contributed by atoms with Gasteiger partial charge in [0.2, 0.25) is 11.9 Å². The summed E-state index contributed by atoms with van der Waals surface area (Å²) in [7, 11) is 6.67. The van der Waals surface area contributed by atoms with E-state index in [-0.39, 0.29) is 35.6 Å². The van der Waals surface area contributed by atoms with Crippen molar-refractivity contribution in [1.29, 1.82) is 0 Å². The van der Waals surface area contributed by atoms with Crippen molar-refractivity contribution >= 4 is 51.9 Å². The molecular weight excluding hydrogens is 531 g/mol. The number of ether oxygens (including phenoxy) is 1. The Balaban J connectivity index is 1.59. The number of fused-ring (bicyclic) bond motifs is 1. The maximum Gasteiger partial charge on any atom is 0.293 e. The van der Waals surface area contributed by atoms with Crippen molar-refractivity contribution in [3.8, 4) is 5.75 Å². The number of anilines is 1. The molecule has 1 saturated heterocycles. The van der Waals surface area contributed by atoms with Crippen molar-refractivity contribution in [2.75, 3.05) is 45.7 Å². The first kappa shape index (κ1) is 27.7. The SMILES string of the molecule is CNC(=O)COc1cc2cc(Cc3nc(N4CCC(C(=O)N(C)C)CC4)ncc3Cl)c(Cl)cc2n(C)c1=O. The topological polar surface area (TPSA) is 110 Å². The summed E-state index contributed by atoms with van der Waals surface area (Å²) in [6.45, 7) is 1.08. The molecule has 2 amide bonds. The highest BCUT2D eigenvalue weighted by atomic mass is 35.5. The van der Waals surface area contributed by atoms with E-state index in [1.165, 1.54) is 11.6 Å². The minimum atomic E-state index is -0.371. The van der Waals surface area contributed by atoms with Crippen LogP contribution in [0.2, 0.25) is 10.0 Å². The number of likely N-dealkylation sites (N-methyl/N-ethyl adjacent to an activating group) is 1. The Morgan fingerprint density at radius 3 is 2.53 bits per heavy atom. The molecule has 38 heavy (non-hydrogen) atoms. The van der Waals surface area contributed by atoms with Gasteiger partial charge in [0.25, 0.3) is 11.5 Å². The van der Waals surface area contributed by atoms with Crippen LogP contribution in [0.15, 0.2) is 29.2 Å². The summed E-state index contributed by atoms with van der Waals surface area (Å²) >= 11 is 13.1. The van der Waals surface area contributed by atoms with Crippen LogP contribution < -0.4 is 20.5 Å². The molecule has 1 aliphatic rings. The molecule has 202 valence electrons. The number of nitrogens with one attached hydrogen (secondary N) is 1. The highest BCUT2D eigenvalue weighted by Crippen LogP contribution is 2.29. The van der Waals surface area contributed by atoms with Crippen molar-refractivity contribution < 1.29 is 14.3 Å². The fourth-order valence-electron chi connectivity index (χ4n) is 4.50. The van der Waals surface area contributed by atoms with Gasteiger partial charge in [0.1, 0.15) is 0 Å². The van der Waals surface area contributed by atoms with Crippen LogP contribution in [0, 0.1) is 5.92 Å². The lowest BCUT2D eigenvalue weighted by Crippen LogP contribution is -2.40. The van der Waals surface area contributed by atoms with E-state index in [0.717, 1.165) is 23.8 Å². The molecule has 10 nitrogen and oxygen atoms in total. The Kier molecular flexibility index (Phi) is 8.42. The van der Waals surface area contributed by atoms with Crippen LogP contribution in [-0.4, -0.2) is 72.1 Å². The zero-order valence-corrected chi connectivity index (χ0v) is 23.3. The number of aryl methyl sites for hydroxylation is 1. The first-order chi connectivity index (χ1) is 18.1. The third kappa shape index (κ3) is 5.86. The maximum atomic E-state index is 12.7. The second kappa shape index (κ2) is 11.6. The summed E-state index contributed by atoms with van der Waals surface area (Å²) in [6, 6.07) is 5.19. The molecule has 1 aromatic carbocycles. The van der Waals surface area contributed by atoms with E-state index in [0.29, 0.717) is 46.7 Å². The van der Waals surface area contributed by atoms with Crippen LogP contribution in [0.5, 0.6) is 5.75 Å². The van der Waals surface area contributed by atoms with E-state index in [4.69, 9.17) is 32.9 Å². The number of rotatable bonds is 7. The molecule has 0 radical (unpaired) electrons. The van der Waals surface area contributed by atoms with Gasteiger partial charge in [-0.3, -0.25) is 14.4 Å². The Bertz CT molecular complexity index is 1430. The number of nitrogens with zero attached hydrogens (tertiary/aromatic N) is 5. The summed E-state index contributed by atoms with van der Waals surface area (Å²) in [5.41, 5.74) is 1.63. The van der Waals surface area contributed by atoms with E-state index in [9.17, 15) is 14.4 Å². The van der Waals surface area contributed by atoms with E-state index in [1.54, 1.807) is 44.4 Å². The third-order valence-corrected chi connectivity index (χ3v) is 7.39. The fourth-order valence-corrected chi connectivity index (χ4v) is 4.89. The van der Waals surface area contributed by atoms with Crippen LogP contribution in [0.3, 0.4) is 0 Å². The number of amides is 2. The predicted octanol–water partition coefficient (Wildman–Crippen LogP) is 2.66. The van der Waals surface area contributed by atoms with Gasteiger partial charge < -0.3 is 24.4 Å². The highest BCUT2D eigenvalue weighted by molar-refractivity contribution is 6.32. The molecule has 0 atom stereocenters. The second-order valence-corrected chi connectivity index (χ2v) is 10.3. The Hall–Kier alpha value is -3.37. The molecule has 0 spiro atoms. The lowest BCUT2D eigenvalue weighted by Gasteiger charge is -2.32. The van der Waals surface area contributed by atoms with Crippen molar-refractivity contribution in [3.05, 3.63) is 56.1 Å². The average Bonchev–Trinajstić information content (AvgIpc) is 2.91. The van der Waals surface area contributed by atoms with Gasteiger partial charge >= 0.3 is 0 Å². The second-order valence-electron chi connectivity index (χ2n) is 9.47. The maximum absolute atomic E-state index is 12.7. The van der Waals surface area contributed by atoms with Gasteiger partial charge in [-0.15, -0.1) is 0 Å². The predicted molar refractivity (Wildman–Crippen MR) is 147 cm³/mol. The molecule has 3 aromatic rings. The normalized spacial score (nSPS) is 14.0. The van der Waals surface area contributed by atoms with E-state index < -0.39 is 0 Å². The molecule has 2 aromatic heterocycles. The quantitative estimate of drug-likeness (QED) is 0.473. The Morgan fingerprint density at radius 2 is 1.87 bits per heavy atom. The van der Waals surface area contributed by atoms with Gasteiger partial charge in [0, 0.05) is 64.0 Å². The Labute approximate surface area is 230 Å². The molecule has 1 aliphatic heterocycles. The van der Waals surface area contributed by atoms with Crippen molar-refractivity contribution in [3.63, 3.8) is 0 Å². The molecule has 0 unspecified atom stereocenters. The number of carbonyl (C=O) groups is 2. The smallest absolute Gasteiger partial charge is 0.293 e. The number of hydrogen-bond acceptors (Lipinski definition) is 7. The largest absolute Gasteiger partial charge is 0.478 e. The molecule has 1 fully saturated rings. The fraction of sp³-hybridized carbons (Fsp3) is 0.423. The molecule has 12 heteroatoms. The minimum Gasteiger partial charge on any atom is -0.478 e. The zero-order chi connectivity index (χ0) is 27.6. The number of aromatic nitrogens is 3. The van der Waals surface area contributed by atoms with Crippen molar-refractivity contribution in [2.45, 2.75) is 19.3 Å². The molecule has 0 aliphatic carbocycles. The van der Waals surface area contributed by atoms with Gasteiger partial charge in [-0.05, 0) is 36.6 Å². The molecular formula is C26H30Cl2N6O4. The van der Waals surface area contributed by atoms with Crippen LogP contribution >= 0.6 is 23.2 Å². The van der Waals surface area contributed by atoms with Gasteiger partial charge in [0.15, 0.2) is 12.4 Å². The summed E-state index contributed by atoms with van der Waals surface area (Å²) in [4.78, 5) is 49.4. The van der Waals surface area contributed by atoms with Gasteiger partial charge in [-0.2, -0.15) is 0 Å². The van der Waals surface area contributed by atoms with Crippen molar-refractivity contribution in [1.82, 2.24) is 24.8 Å². The lowest BCUT2D eigenvalue weighted by molar-refractivity contribution is -0.133. The van der Waals surface area contributed by atoms with Gasteiger partial charge in [0.05, 0.1) is 22.4 Å². The van der Waals surface area contributed by atoms with E-state index in [1.807, 2.05) is 6.07 Å². The summed E-state index contributed by atoms with van der Waals surface area (Å²) < 4.78 is 6.89. The monoisotopic (exact) mass is 560 g/mol. The number of piperidine rings is 1. The first-order valence-electron chi connectivity index (χ1n) is 12.2. The summed E-state index contributed by atoms with van der Waals surface area (Å²) in [6.07, 6.45) is 3.39. The van der Waals surface area contributed by atoms with E-state index in [2.05, 4.69) is 15.2 Å². The number of benzene rings is 1. The van der Waals surface area contributed by atoms with Crippen LogP contribution in [0.25, 0.3) is 10.9 Å². The Morgan fingerprint density at radius 1 is 1.16 bits per heavy atom. The molecule has 4 rings (SSSR count). The number of pyridine rings is 1. The molecule has 0 saturated carbocycles. The average molecular weight is 561 g/mol.